The van der Waals surface area contributed by atoms with E-state index in [1.807, 2.05) is 18.4 Å². The second-order valence-corrected chi connectivity index (χ2v) is 7.15. The minimum absolute atomic E-state index is 0.0688. The molecule has 1 heterocycles. The van der Waals surface area contributed by atoms with Crippen molar-refractivity contribution in [3.8, 4) is 5.75 Å². The Morgan fingerprint density at radius 3 is 2.88 bits per heavy atom. The second-order valence-electron chi connectivity index (χ2n) is 6.37. The van der Waals surface area contributed by atoms with Crippen LogP contribution in [0.1, 0.15) is 36.9 Å². The summed E-state index contributed by atoms with van der Waals surface area (Å²) in [6.07, 6.45) is 2.39. The van der Waals surface area contributed by atoms with Crippen LogP contribution >= 0.6 is 11.3 Å². The molecule has 25 heavy (non-hydrogen) atoms. The minimum Gasteiger partial charge on any atom is -0.490 e. The van der Waals surface area contributed by atoms with E-state index in [1.165, 1.54) is 24.5 Å². The molecule has 6 heteroatoms. The molecule has 1 atom stereocenters. The van der Waals surface area contributed by atoms with Gasteiger partial charge in [0.15, 0.2) is 17.5 Å². The molecule has 1 unspecified atom stereocenters. The van der Waals surface area contributed by atoms with Gasteiger partial charge >= 0.3 is 0 Å². The van der Waals surface area contributed by atoms with Gasteiger partial charge in [-0.05, 0) is 65.8 Å². The van der Waals surface area contributed by atoms with Crippen molar-refractivity contribution in [2.75, 3.05) is 13.7 Å². The zero-order valence-corrected chi connectivity index (χ0v) is 15.4. The molecule has 1 aliphatic rings. The lowest BCUT2D eigenvalue weighted by atomic mass is 10.1. The number of guanidine groups is 1. The second kappa shape index (κ2) is 8.34. The first kappa shape index (κ1) is 17.7. The molecular weight excluding hydrogens is 337 g/mol. The Bertz CT molecular complexity index is 713. The third-order valence-electron chi connectivity index (χ3n) is 4.24. The van der Waals surface area contributed by atoms with Crippen molar-refractivity contribution in [3.05, 3.63) is 52.0 Å². The lowest BCUT2D eigenvalue weighted by Gasteiger charge is -2.19. The number of rotatable bonds is 7. The first-order chi connectivity index (χ1) is 12.2. The standard InChI is InChI=1S/C19H24FN3OS/c1-13(23-19(21-2)22-10-15-7-8-25-12-15)16-5-6-18(17(20)9-16)24-11-14-3-4-14/h5-9,12-14H,3-4,10-11H2,1-2H3,(H2,21,22,23). The highest BCUT2D eigenvalue weighted by molar-refractivity contribution is 7.07. The Labute approximate surface area is 152 Å². The van der Waals surface area contributed by atoms with Gasteiger partial charge in [0.1, 0.15) is 0 Å². The number of benzene rings is 1. The first-order valence-electron chi connectivity index (χ1n) is 8.56. The van der Waals surface area contributed by atoms with Crippen LogP contribution in [-0.2, 0) is 6.54 Å². The van der Waals surface area contributed by atoms with E-state index in [9.17, 15) is 4.39 Å². The highest BCUT2D eigenvalue weighted by Gasteiger charge is 2.22. The lowest BCUT2D eigenvalue weighted by Crippen LogP contribution is -2.38. The topological polar surface area (TPSA) is 45.7 Å². The van der Waals surface area contributed by atoms with Gasteiger partial charge < -0.3 is 15.4 Å². The molecule has 2 N–H and O–H groups in total. The summed E-state index contributed by atoms with van der Waals surface area (Å²) in [4.78, 5) is 4.23. The van der Waals surface area contributed by atoms with Crippen molar-refractivity contribution in [1.29, 1.82) is 0 Å². The predicted molar refractivity (Wildman–Crippen MR) is 101 cm³/mol. The van der Waals surface area contributed by atoms with Crippen molar-refractivity contribution in [1.82, 2.24) is 10.6 Å². The van der Waals surface area contributed by atoms with Gasteiger partial charge in [0.25, 0.3) is 0 Å². The van der Waals surface area contributed by atoms with E-state index in [-0.39, 0.29) is 11.9 Å². The van der Waals surface area contributed by atoms with Crippen LogP contribution < -0.4 is 15.4 Å². The summed E-state index contributed by atoms with van der Waals surface area (Å²) in [6.45, 7) is 3.30. The van der Waals surface area contributed by atoms with Crippen LogP contribution in [0.5, 0.6) is 5.75 Å². The van der Waals surface area contributed by atoms with Crippen LogP contribution in [0.2, 0.25) is 0 Å². The SMILES string of the molecule is CN=C(NCc1ccsc1)NC(C)c1ccc(OCC2CC2)c(F)c1. The molecule has 3 rings (SSSR count). The van der Waals surface area contributed by atoms with Gasteiger partial charge in [-0.25, -0.2) is 4.39 Å². The molecule has 1 aliphatic carbocycles. The van der Waals surface area contributed by atoms with E-state index < -0.39 is 0 Å². The molecule has 1 fully saturated rings. The summed E-state index contributed by atoms with van der Waals surface area (Å²) in [5.41, 5.74) is 2.07. The number of nitrogens with one attached hydrogen (secondary N) is 2. The molecule has 4 nitrogen and oxygen atoms in total. The number of hydrogen-bond donors (Lipinski definition) is 2. The van der Waals surface area contributed by atoms with E-state index in [0.29, 0.717) is 30.8 Å². The summed E-state index contributed by atoms with van der Waals surface area (Å²) in [5.74, 6) is 1.32. The van der Waals surface area contributed by atoms with Crippen LogP contribution in [0.15, 0.2) is 40.0 Å². The van der Waals surface area contributed by atoms with E-state index in [2.05, 4.69) is 27.1 Å². The molecule has 0 aliphatic heterocycles. The molecular formula is C19H24FN3OS. The molecule has 1 aromatic heterocycles. The lowest BCUT2D eigenvalue weighted by molar-refractivity contribution is 0.285. The van der Waals surface area contributed by atoms with Gasteiger partial charge in [-0.1, -0.05) is 6.07 Å². The Kier molecular flexibility index (Phi) is 5.91. The quantitative estimate of drug-likeness (QED) is 0.576. The smallest absolute Gasteiger partial charge is 0.191 e. The molecule has 0 radical (unpaired) electrons. The molecule has 0 spiro atoms. The van der Waals surface area contributed by atoms with Gasteiger partial charge in [0.05, 0.1) is 12.6 Å². The van der Waals surface area contributed by atoms with E-state index in [0.717, 1.165) is 5.56 Å². The summed E-state index contributed by atoms with van der Waals surface area (Å²) in [6, 6.07) is 7.15. The normalized spacial score (nSPS) is 15.7. The summed E-state index contributed by atoms with van der Waals surface area (Å²) >= 11 is 1.67. The summed E-state index contributed by atoms with van der Waals surface area (Å²) < 4.78 is 19.8. The molecule has 0 bridgehead atoms. The Hall–Kier alpha value is -2.08. The van der Waals surface area contributed by atoms with Gasteiger partial charge in [-0.2, -0.15) is 11.3 Å². The van der Waals surface area contributed by atoms with Crippen molar-refractivity contribution in [2.24, 2.45) is 10.9 Å². The number of hydrogen-bond acceptors (Lipinski definition) is 3. The largest absolute Gasteiger partial charge is 0.490 e. The van der Waals surface area contributed by atoms with Crippen molar-refractivity contribution in [3.63, 3.8) is 0 Å². The number of ether oxygens (including phenoxy) is 1. The van der Waals surface area contributed by atoms with Crippen LogP contribution in [0.4, 0.5) is 4.39 Å². The summed E-state index contributed by atoms with van der Waals surface area (Å²) in [5, 5.41) is 10.7. The maximum absolute atomic E-state index is 14.2. The molecule has 134 valence electrons. The Morgan fingerprint density at radius 2 is 2.24 bits per heavy atom. The number of nitrogens with zero attached hydrogens (tertiary/aromatic N) is 1. The average Bonchev–Trinajstić information content (AvgIpc) is 3.30. The van der Waals surface area contributed by atoms with Crippen molar-refractivity contribution < 1.29 is 9.13 Å². The maximum atomic E-state index is 14.2. The van der Waals surface area contributed by atoms with Gasteiger partial charge in [0, 0.05) is 13.6 Å². The van der Waals surface area contributed by atoms with E-state index >= 15 is 0 Å². The zero-order chi connectivity index (χ0) is 17.6. The zero-order valence-electron chi connectivity index (χ0n) is 14.6. The van der Waals surface area contributed by atoms with E-state index in [1.54, 1.807) is 24.5 Å². The number of thiophene rings is 1. The fourth-order valence-electron chi connectivity index (χ4n) is 2.46. The van der Waals surface area contributed by atoms with Crippen LogP contribution in [0.3, 0.4) is 0 Å². The van der Waals surface area contributed by atoms with Gasteiger partial charge in [-0.3, -0.25) is 4.99 Å². The predicted octanol–water partition coefficient (Wildman–Crippen LogP) is 4.10. The Morgan fingerprint density at radius 1 is 1.40 bits per heavy atom. The van der Waals surface area contributed by atoms with Crippen molar-refractivity contribution in [2.45, 2.75) is 32.4 Å². The van der Waals surface area contributed by atoms with Crippen LogP contribution in [0.25, 0.3) is 0 Å². The van der Waals surface area contributed by atoms with Crippen LogP contribution in [0, 0.1) is 11.7 Å². The Balaban J connectivity index is 1.55. The minimum atomic E-state index is -0.312. The fourth-order valence-corrected chi connectivity index (χ4v) is 3.13. The first-order valence-corrected chi connectivity index (χ1v) is 9.50. The fraction of sp³-hybridized carbons (Fsp3) is 0.421. The third kappa shape index (κ3) is 5.19. The number of halogens is 1. The molecule has 0 amide bonds. The highest BCUT2D eigenvalue weighted by atomic mass is 32.1. The van der Waals surface area contributed by atoms with Gasteiger partial charge in [-0.15, -0.1) is 0 Å². The van der Waals surface area contributed by atoms with Crippen molar-refractivity contribution >= 4 is 17.3 Å². The average molecular weight is 361 g/mol. The molecule has 1 saturated carbocycles. The van der Waals surface area contributed by atoms with Gasteiger partial charge in [0.2, 0.25) is 0 Å². The molecule has 2 aromatic rings. The summed E-state index contributed by atoms with van der Waals surface area (Å²) in [7, 11) is 1.73. The van der Waals surface area contributed by atoms with E-state index in [4.69, 9.17) is 4.74 Å². The van der Waals surface area contributed by atoms with Crippen LogP contribution in [-0.4, -0.2) is 19.6 Å². The number of aliphatic imine (C=N–C) groups is 1. The highest BCUT2D eigenvalue weighted by Crippen LogP contribution is 2.30. The maximum Gasteiger partial charge on any atom is 0.191 e. The monoisotopic (exact) mass is 361 g/mol. The molecule has 1 aromatic carbocycles. The third-order valence-corrected chi connectivity index (χ3v) is 4.98. The molecule has 0 saturated heterocycles.